The van der Waals surface area contributed by atoms with Crippen molar-refractivity contribution in [3.8, 4) is 5.75 Å². The number of benzene rings is 1. The van der Waals surface area contributed by atoms with Gasteiger partial charge in [0, 0.05) is 42.9 Å². The molecule has 0 bridgehead atoms. The van der Waals surface area contributed by atoms with Crippen LogP contribution in [0.15, 0.2) is 35.2 Å². The fourth-order valence-electron chi connectivity index (χ4n) is 4.53. The Morgan fingerprint density at radius 3 is 3.08 bits per heavy atom. The Morgan fingerprint density at radius 1 is 1.38 bits per heavy atom. The summed E-state index contributed by atoms with van der Waals surface area (Å²) < 4.78 is 5.65. The molecule has 6 heteroatoms. The number of thiazole rings is 1. The minimum absolute atomic E-state index is 0.179. The summed E-state index contributed by atoms with van der Waals surface area (Å²) in [5.74, 6) is 1.31. The van der Waals surface area contributed by atoms with Gasteiger partial charge in [0.05, 0.1) is 23.9 Å². The summed E-state index contributed by atoms with van der Waals surface area (Å²) in [4.78, 5) is 19.3. The molecule has 5 nitrogen and oxygen atoms in total. The second-order valence-electron chi connectivity index (χ2n) is 7.36. The van der Waals surface area contributed by atoms with Gasteiger partial charge in [-0.2, -0.15) is 0 Å². The predicted molar refractivity (Wildman–Crippen MR) is 102 cm³/mol. The molecule has 138 valence electrons. The van der Waals surface area contributed by atoms with Crippen molar-refractivity contribution in [2.75, 3.05) is 20.2 Å². The number of methoxy groups -OCH3 is 1. The Hall–Kier alpha value is -1.92. The average Bonchev–Trinajstić information content (AvgIpc) is 3.22. The van der Waals surface area contributed by atoms with Gasteiger partial charge in [0.1, 0.15) is 5.75 Å². The molecule has 0 unspecified atom stereocenters. The largest absolute Gasteiger partial charge is 0.496 e. The van der Waals surface area contributed by atoms with Gasteiger partial charge in [-0.25, -0.2) is 4.98 Å². The summed E-state index contributed by atoms with van der Waals surface area (Å²) in [6, 6.07) is 8.23. The molecule has 1 aromatic carbocycles. The Labute approximate surface area is 158 Å². The van der Waals surface area contributed by atoms with Crippen LogP contribution in [0.4, 0.5) is 0 Å². The third-order valence-corrected chi connectivity index (χ3v) is 6.30. The molecular weight excluding hydrogens is 346 g/mol. The van der Waals surface area contributed by atoms with E-state index in [0.717, 1.165) is 50.3 Å². The zero-order valence-corrected chi connectivity index (χ0v) is 15.9. The molecule has 4 rings (SSSR count). The molecule has 2 saturated heterocycles. The standard InChI is InChI=1S/C20H25N3O2S/c1-25-18-7-3-2-6-16(18)17-11-23(10-15-12-26-14-21-15)13-20(17)9-5-4-8-19(24)22-20/h2-3,6-7,12,14,17H,4-5,8-11,13H2,1H3,(H,22,24)/t17-,20+/m0/s1. The molecule has 1 amide bonds. The van der Waals surface area contributed by atoms with Crippen LogP contribution in [-0.2, 0) is 11.3 Å². The first kappa shape index (κ1) is 17.5. The maximum atomic E-state index is 12.4. The molecule has 2 aromatic rings. The second-order valence-corrected chi connectivity index (χ2v) is 8.07. The smallest absolute Gasteiger partial charge is 0.220 e. The number of hydrogen-bond donors (Lipinski definition) is 1. The summed E-state index contributed by atoms with van der Waals surface area (Å²) in [5, 5.41) is 5.52. The van der Waals surface area contributed by atoms with Crippen LogP contribution in [0.5, 0.6) is 5.75 Å². The summed E-state index contributed by atoms with van der Waals surface area (Å²) in [6.45, 7) is 2.59. The Kier molecular flexibility index (Phi) is 4.96. The van der Waals surface area contributed by atoms with E-state index in [9.17, 15) is 4.79 Å². The summed E-state index contributed by atoms with van der Waals surface area (Å²) in [7, 11) is 1.72. The molecule has 0 radical (unpaired) electrons. The fraction of sp³-hybridized carbons (Fsp3) is 0.500. The van der Waals surface area contributed by atoms with E-state index in [-0.39, 0.29) is 17.4 Å². The first-order chi connectivity index (χ1) is 12.7. The van der Waals surface area contributed by atoms with Crippen LogP contribution >= 0.6 is 11.3 Å². The zero-order valence-electron chi connectivity index (χ0n) is 15.1. The lowest BCUT2D eigenvalue weighted by atomic mass is 9.78. The summed E-state index contributed by atoms with van der Waals surface area (Å²) in [6.07, 6.45) is 3.69. The van der Waals surface area contributed by atoms with Crippen molar-refractivity contribution in [2.45, 2.75) is 43.7 Å². The van der Waals surface area contributed by atoms with Crippen molar-refractivity contribution >= 4 is 17.2 Å². The molecule has 3 heterocycles. The molecule has 0 aliphatic carbocycles. The minimum atomic E-state index is -0.224. The van der Waals surface area contributed by atoms with Crippen LogP contribution in [0.25, 0.3) is 0 Å². The SMILES string of the molecule is COc1ccccc1[C@@H]1CN(Cc2cscn2)C[C@]12CCCCC(=O)N2. The van der Waals surface area contributed by atoms with Crippen molar-refractivity contribution in [3.63, 3.8) is 0 Å². The number of amides is 1. The predicted octanol–water partition coefficient (Wildman–Crippen LogP) is 3.18. The van der Waals surface area contributed by atoms with E-state index in [2.05, 4.69) is 32.7 Å². The van der Waals surface area contributed by atoms with Crippen LogP contribution in [-0.4, -0.2) is 41.5 Å². The third kappa shape index (κ3) is 3.35. The molecule has 0 saturated carbocycles. The Balaban J connectivity index is 1.69. The third-order valence-electron chi connectivity index (χ3n) is 5.66. The molecule has 1 spiro atoms. The topological polar surface area (TPSA) is 54.5 Å². The van der Waals surface area contributed by atoms with Gasteiger partial charge in [0.25, 0.3) is 0 Å². The maximum Gasteiger partial charge on any atom is 0.220 e. The number of para-hydroxylation sites is 1. The summed E-state index contributed by atoms with van der Waals surface area (Å²) >= 11 is 1.63. The van der Waals surface area contributed by atoms with Crippen molar-refractivity contribution in [1.29, 1.82) is 0 Å². The number of likely N-dealkylation sites (tertiary alicyclic amines) is 1. The normalized spacial score (nSPS) is 26.7. The van der Waals surface area contributed by atoms with E-state index in [1.807, 2.05) is 17.6 Å². The molecule has 26 heavy (non-hydrogen) atoms. The number of carbonyl (C=O) groups excluding carboxylic acids is 1. The Morgan fingerprint density at radius 2 is 2.27 bits per heavy atom. The summed E-state index contributed by atoms with van der Waals surface area (Å²) in [5.41, 5.74) is 3.95. The van der Waals surface area contributed by atoms with Crippen LogP contribution in [0.3, 0.4) is 0 Å². The van der Waals surface area contributed by atoms with Gasteiger partial charge in [0.2, 0.25) is 5.91 Å². The van der Waals surface area contributed by atoms with Crippen LogP contribution in [0.1, 0.15) is 42.9 Å². The number of aromatic nitrogens is 1. The number of carbonyl (C=O) groups is 1. The fourth-order valence-corrected chi connectivity index (χ4v) is 5.08. The van der Waals surface area contributed by atoms with Gasteiger partial charge in [-0.05, 0) is 18.9 Å². The maximum absolute atomic E-state index is 12.4. The second kappa shape index (κ2) is 7.37. The highest BCUT2D eigenvalue weighted by atomic mass is 32.1. The van der Waals surface area contributed by atoms with E-state index >= 15 is 0 Å². The monoisotopic (exact) mass is 371 g/mol. The van der Waals surface area contributed by atoms with Gasteiger partial charge in [-0.15, -0.1) is 11.3 Å². The molecule has 2 fully saturated rings. The van der Waals surface area contributed by atoms with E-state index in [1.54, 1.807) is 18.4 Å². The zero-order chi connectivity index (χ0) is 18.0. The lowest BCUT2D eigenvalue weighted by molar-refractivity contribution is -0.122. The lowest BCUT2D eigenvalue weighted by Gasteiger charge is -2.35. The van der Waals surface area contributed by atoms with Gasteiger partial charge >= 0.3 is 0 Å². The van der Waals surface area contributed by atoms with Crippen LogP contribution < -0.4 is 10.1 Å². The molecule has 2 aliphatic rings. The lowest BCUT2D eigenvalue weighted by Crippen LogP contribution is -2.52. The number of hydrogen-bond acceptors (Lipinski definition) is 5. The van der Waals surface area contributed by atoms with Crippen LogP contribution in [0, 0.1) is 0 Å². The van der Waals surface area contributed by atoms with Gasteiger partial charge in [-0.1, -0.05) is 24.6 Å². The van der Waals surface area contributed by atoms with Gasteiger partial charge in [-0.3, -0.25) is 9.69 Å². The van der Waals surface area contributed by atoms with E-state index < -0.39 is 0 Å². The molecule has 2 aliphatic heterocycles. The first-order valence-corrected chi connectivity index (χ1v) is 10.2. The van der Waals surface area contributed by atoms with Crippen molar-refractivity contribution in [3.05, 3.63) is 46.4 Å². The molecule has 2 atom stereocenters. The quantitative estimate of drug-likeness (QED) is 0.897. The van der Waals surface area contributed by atoms with Crippen molar-refractivity contribution < 1.29 is 9.53 Å². The molecule has 1 aromatic heterocycles. The minimum Gasteiger partial charge on any atom is -0.496 e. The number of ether oxygens (including phenoxy) is 1. The first-order valence-electron chi connectivity index (χ1n) is 9.23. The van der Waals surface area contributed by atoms with Gasteiger partial charge < -0.3 is 10.1 Å². The van der Waals surface area contributed by atoms with Crippen molar-refractivity contribution in [1.82, 2.24) is 15.2 Å². The molecule has 1 N–H and O–H groups in total. The van der Waals surface area contributed by atoms with Gasteiger partial charge in [0.15, 0.2) is 0 Å². The van der Waals surface area contributed by atoms with Crippen LogP contribution in [0.2, 0.25) is 0 Å². The highest BCUT2D eigenvalue weighted by Crippen LogP contribution is 2.44. The Bertz CT molecular complexity index is 764. The average molecular weight is 372 g/mol. The van der Waals surface area contributed by atoms with E-state index in [4.69, 9.17) is 4.74 Å². The van der Waals surface area contributed by atoms with Crippen molar-refractivity contribution in [2.24, 2.45) is 0 Å². The van der Waals surface area contributed by atoms with E-state index in [0.29, 0.717) is 6.42 Å². The highest BCUT2D eigenvalue weighted by Gasteiger charge is 2.49. The number of nitrogens with zero attached hydrogens (tertiary/aromatic N) is 2. The number of nitrogens with one attached hydrogen (secondary N) is 1. The molecular formula is C20H25N3O2S. The highest BCUT2D eigenvalue weighted by molar-refractivity contribution is 7.07. The number of rotatable bonds is 4. The van der Waals surface area contributed by atoms with E-state index in [1.165, 1.54) is 5.56 Å².